The molecule has 4 saturated carbocycles. The highest BCUT2D eigenvalue weighted by Gasteiger charge is 2.74. The minimum Gasteiger partial charge on any atom is -0.480 e. The SMILES string of the molecule is C=C1[C@H](O)[C@@]23CC[C@@H]4C(C(=O)O)(C(=O)O)C[C@@H](O[C@@H]5O[C@H](CO)[C@@H](O)[C@H](OC(=O)CCc6ccccc6)[C@H]5NC(=O)CC(C)C)C[C@@]4(C)[C@@H]2CC[C@]1(O)C3. The van der Waals surface area contributed by atoms with Gasteiger partial charge in [0.05, 0.1) is 24.4 Å². The lowest BCUT2D eigenvalue weighted by molar-refractivity contribution is -0.300. The predicted octanol–water partition coefficient (Wildman–Crippen LogP) is 2.34. The van der Waals surface area contributed by atoms with Crippen molar-refractivity contribution in [2.75, 3.05) is 6.61 Å². The minimum atomic E-state index is -2.31. The van der Waals surface area contributed by atoms with Crippen LogP contribution in [-0.2, 0) is 39.8 Å². The van der Waals surface area contributed by atoms with E-state index >= 15 is 0 Å². The van der Waals surface area contributed by atoms with E-state index in [4.69, 9.17) is 14.2 Å². The van der Waals surface area contributed by atoms with Crippen molar-refractivity contribution in [1.29, 1.82) is 0 Å². The normalized spacial score (nSPS) is 39.6. The number of aliphatic carboxylic acids is 2. The van der Waals surface area contributed by atoms with Gasteiger partial charge in [0, 0.05) is 24.7 Å². The number of benzene rings is 1. The molecular weight excluding hydrogens is 702 g/mol. The predicted molar refractivity (Wildman–Crippen MR) is 190 cm³/mol. The Kier molecular flexibility index (Phi) is 11.1. The lowest BCUT2D eigenvalue weighted by atomic mass is 9.40. The van der Waals surface area contributed by atoms with E-state index in [-0.39, 0.29) is 44.4 Å². The number of carbonyl (C=O) groups excluding carboxylic acids is 2. The lowest BCUT2D eigenvalue weighted by Gasteiger charge is -2.64. The molecule has 12 atom stereocenters. The van der Waals surface area contributed by atoms with E-state index in [0.717, 1.165) is 5.56 Å². The van der Waals surface area contributed by atoms with Crippen LogP contribution in [0.1, 0.15) is 84.1 Å². The maximum atomic E-state index is 13.3. The van der Waals surface area contributed by atoms with Gasteiger partial charge in [-0.3, -0.25) is 19.2 Å². The minimum absolute atomic E-state index is 0.0608. The fraction of sp³-hybridized carbons (Fsp3) is 0.700. The molecule has 298 valence electrons. The summed E-state index contributed by atoms with van der Waals surface area (Å²) in [6, 6.07) is 7.90. The molecule has 1 spiro atoms. The number of amides is 1. The smallest absolute Gasteiger partial charge is 0.321 e. The van der Waals surface area contributed by atoms with E-state index in [1.165, 1.54) is 0 Å². The number of carbonyl (C=O) groups is 4. The van der Waals surface area contributed by atoms with Gasteiger partial charge in [-0.05, 0) is 79.3 Å². The largest absolute Gasteiger partial charge is 0.480 e. The van der Waals surface area contributed by atoms with Gasteiger partial charge in [-0.2, -0.15) is 0 Å². The number of hydrogen-bond acceptors (Lipinski definition) is 11. The molecule has 1 aliphatic heterocycles. The molecule has 14 nitrogen and oxygen atoms in total. The third-order valence-electron chi connectivity index (χ3n) is 13.5. The molecule has 54 heavy (non-hydrogen) atoms. The number of esters is 1. The summed E-state index contributed by atoms with van der Waals surface area (Å²) in [5.41, 5.74) is -4.26. The van der Waals surface area contributed by atoms with Gasteiger partial charge in [0.2, 0.25) is 5.91 Å². The average Bonchev–Trinajstić information content (AvgIpc) is 3.24. The molecule has 0 unspecified atom stereocenters. The zero-order valence-corrected chi connectivity index (χ0v) is 31.2. The molecule has 0 radical (unpaired) electrons. The number of carboxylic acid groups (broad SMARTS) is 2. The van der Waals surface area contributed by atoms with Gasteiger partial charge in [0.1, 0.15) is 18.2 Å². The van der Waals surface area contributed by atoms with Crippen LogP contribution in [0.25, 0.3) is 0 Å². The van der Waals surface area contributed by atoms with Crippen molar-refractivity contribution in [3.63, 3.8) is 0 Å². The first-order valence-corrected chi connectivity index (χ1v) is 19.1. The second-order valence-electron chi connectivity index (χ2n) is 17.2. The van der Waals surface area contributed by atoms with E-state index in [1.807, 2.05) is 51.1 Å². The van der Waals surface area contributed by atoms with Gasteiger partial charge in [-0.1, -0.05) is 57.7 Å². The Morgan fingerprint density at radius 2 is 1.69 bits per heavy atom. The molecule has 7 N–H and O–H groups in total. The number of rotatable bonds is 12. The van der Waals surface area contributed by atoms with Crippen LogP contribution in [-0.4, -0.2) is 110 Å². The molecule has 14 heteroatoms. The molecule has 1 saturated heterocycles. The monoisotopic (exact) mass is 757 g/mol. The molecule has 0 aromatic heterocycles. The fourth-order valence-electron chi connectivity index (χ4n) is 11.2. The Balaban J connectivity index is 1.34. The van der Waals surface area contributed by atoms with Crippen molar-refractivity contribution in [2.45, 2.75) is 133 Å². The second kappa shape index (κ2) is 14.9. The highest BCUT2D eigenvalue weighted by Crippen LogP contribution is 2.73. The van der Waals surface area contributed by atoms with Crippen LogP contribution in [0.5, 0.6) is 0 Å². The Bertz CT molecular complexity index is 1600. The zero-order valence-electron chi connectivity index (χ0n) is 31.2. The molecule has 2 bridgehead atoms. The van der Waals surface area contributed by atoms with Gasteiger partial charge in [-0.15, -0.1) is 0 Å². The van der Waals surface area contributed by atoms with Crippen molar-refractivity contribution < 1.29 is 64.0 Å². The Morgan fingerprint density at radius 3 is 2.31 bits per heavy atom. The van der Waals surface area contributed by atoms with Gasteiger partial charge < -0.3 is 50.2 Å². The maximum Gasteiger partial charge on any atom is 0.321 e. The lowest BCUT2D eigenvalue weighted by Crippen LogP contribution is -2.68. The van der Waals surface area contributed by atoms with Gasteiger partial charge in [0.15, 0.2) is 17.8 Å². The van der Waals surface area contributed by atoms with E-state index < -0.39 is 113 Å². The molecule has 1 aromatic rings. The van der Waals surface area contributed by atoms with E-state index in [1.54, 1.807) is 0 Å². The molecular formula is C40H55NO13. The summed E-state index contributed by atoms with van der Waals surface area (Å²) in [6.07, 6.45) is -6.67. The van der Waals surface area contributed by atoms with Gasteiger partial charge in [-0.25, -0.2) is 0 Å². The number of aliphatic hydroxyl groups excluding tert-OH is 3. The van der Waals surface area contributed by atoms with Crippen molar-refractivity contribution >= 4 is 23.8 Å². The van der Waals surface area contributed by atoms with Crippen molar-refractivity contribution in [1.82, 2.24) is 5.32 Å². The van der Waals surface area contributed by atoms with Crippen LogP contribution in [0.4, 0.5) is 0 Å². The summed E-state index contributed by atoms with van der Waals surface area (Å²) < 4.78 is 18.4. The molecule has 5 fully saturated rings. The topological polar surface area (TPSA) is 229 Å². The first-order valence-electron chi connectivity index (χ1n) is 19.1. The van der Waals surface area contributed by atoms with Crippen LogP contribution in [0.3, 0.4) is 0 Å². The van der Waals surface area contributed by atoms with Crippen LogP contribution >= 0.6 is 0 Å². The average molecular weight is 758 g/mol. The van der Waals surface area contributed by atoms with Gasteiger partial charge >= 0.3 is 17.9 Å². The van der Waals surface area contributed by atoms with Crippen molar-refractivity contribution in [3.8, 4) is 0 Å². The first-order chi connectivity index (χ1) is 25.4. The number of ether oxygens (including phenoxy) is 3. The number of carboxylic acids is 2. The van der Waals surface area contributed by atoms with Crippen LogP contribution in [0.2, 0.25) is 0 Å². The van der Waals surface area contributed by atoms with Crippen molar-refractivity contribution in [3.05, 3.63) is 48.0 Å². The fourth-order valence-corrected chi connectivity index (χ4v) is 11.2. The summed E-state index contributed by atoms with van der Waals surface area (Å²) in [5, 5.41) is 69.0. The van der Waals surface area contributed by atoms with Crippen molar-refractivity contribution in [2.24, 2.45) is 34.0 Å². The first kappa shape index (κ1) is 40.3. The van der Waals surface area contributed by atoms with E-state index in [2.05, 4.69) is 11.9 Å². The molecule has 1 heterocycles. The molecule has 6 rings (SSSR count). The van der Waals surface area contributed by atoms with Crippen LogP contribution < -0.4 is 5.32 Å². The molecule has 5 aliphatic rings. The number of aryl methyl sites for hydroxylation is 1. The zero-order chi connectivity index (χ0) is 39.4. The summed E-state index contributed by atoms with van der Waals surface area (Å²) in [5.74, 6) is -5.55. The molecule has 1 aromatic carbocycles. The summed E-state index contributed by atoms with van der Waals surface area (Å²) in [6.45, 7) is 8.81. The highest BCUT2D eigenvalue weighted by atomic mass is 16.7. The summed E-state index contributed by atoms with van der Waals surface area (Å²) in [7, 11) is 0. The molecule has 4 aliphatic carbocycles. The maximum absolute atomic E-state index is 13.3. The third-order valence-corrected chi connectivity index (χ3v) is 13.5. The number of fused-ring (bicyclic) bond motifs is 3. The molecule has 1 amide bonds. The van der Waals surface area contributed by atoms with E-state index in [9.17, 15) is 49.8 Å². The third kappa shape index (κ3) is 6.76. The quantitative estimate of drug-likeness (QED) is 0.0704. The number of nitrogens with one attached hydrogen (secondary N) is 1. The van der Waals surface area contributed by atoms with Gasteiger partial charge in [0.25, 0.3) is 0 Å². The Hall–Kier alpha value is -3.40. The Labute approximate surface area is 314 Å². The number of aliphatic hydroxyl groups is 4. The highest BCUT2D eigenvalue weighted by molar-refractivity contribution is 5.99. The van der Waals surface area contributed by atoms with Crippen LogP contribution in [0.15, 0.2) is 42.5 Å². The summed E-state index contributed by atoms with van der Waals surface area (Å²) >= 11 is 0. The summed E-state index contributed by atoms with van der Waals surface area (Å²) in [4.78, 5) is 53.1. The number of hydrogen-bond donors (Lipinski definition) is 7. The van der Waals surface area contributed by atoms with Crippen LogP contribution in [0, 0.1) is 34.0 Å². The second-order valence-corrected chi connectivity index (χ2v) is 17.2. The Morgan fingerprint density at radius 1 is 1.02 bits per heavy atom. The van der Waals surface area contributed by atoms with E-state index in [0.29, 0.717) is 24.8 Å². The standard InChI is InChI=1S/C40H55NO13/c1-21(2)16-28(43)41-30-32(54-29(44)11-10-23-8-6-5-7-9-23)31(45)25(19-42)53-34(30)52-24-17-37(4)26-13-15-39(51)20-38(26,33(46)22(39)3)14-12-27(37)40(18-24,35(47)48)36(49)50/h5-9,21,24-27,30-34,42,45-46,51H,3,10-20H2,1-2,4H3,(H,41,43)(H,47,48)(H,49,50)/t24-,25+,26-,27-,30+,31+,32+,33-,34+,37-,38+,39-/m0/s1.